The second-order valence-electron chi connectivity index (χ2n) is 12.8. The van der Waals surface area contributed by atoms with Crippen LogP contribution in [-0.2, 0) is 4.74 Å². The highest BCUT2D eigenvalue weighted by Crippen LogP contribution is 2.82. The van der Waals surface area contributed by atoms with E-state index in [2.05, 4.69) is 40.7 Å². The molecule has 164 valence electrons. The van der Waals surface area contributed by atoms with Crippen molar-refractivity contribution in [2.24, 2.45) is 51.8 Å². The first-order chi connectivity index (χ1) is 13.8. The van der Waals surface area contributed by atoms with Gasteiger partial charge in [0.15, 0.2) is 0 Å². The molecule has 0 radical (unpaired) electrons. The van der Waals surface area contributed by atoms with Gasteiger partial charge >= 0.3 is 0 Å². The van der Waals surface area contributed by atoms with Gasteiger partial charge in [0.2, 0.25) is 0 Å². The molecule has 1 nitrogen and oxygen atoms in total. The van der Waals surface area contributed by atoms with Crippen LogP contribution in [0.3, 0.4) is 0 Å². The zero-order valence-electron chi connectivity index (χ0n) is 20.1. The molecule has 3 unspecified atom stereocenters. The van der Waals surface area contributed by atoms with Crippen molar-refractivity contribution in [2.45, 2.75) is 105 Å². The predicted molar refractivity (Wildman–Crippen MR) is 122 cm³/mol. The minimum absolute atomic E-state index is 0.553. The molecule has 0 aromatic heterocycles. The SMILES string of the molecule is COC1C[C@H]2[C@@H]3CC[C@H]([C@H](C)CCC=C(C)C)[C@@]3(C)CC[C@@H]2[C@@]2(C)CCC3CC312. The lowest BCUT2D eigenvalue weighted by Crippen LogP contribution is -2.57. The Kier molecular flexibility index (Phi) is 4.86. The first-order valence-corrected chi connectivity index (χ1v) is 12.9. The van der Waals surface area contributed by atoms with Gasteiger partial charge in [-0.15, -0.1) is 0 Å². The number of methoxy groups -OCH3 is 1. The summed E-state index contributed by atoms with van der Waals surface area (Å²) < 4.78 is 6.29. The Morgan fingerprint density at radius 2 is 1.86 bits per heavy atom. The fourth-order valence-electron chi connectivity index (χ4n) is 10.4. The standard InChI is InChI=1S/C28H46O/c1-18(2)8-7-9-19(3)22-10-11-23-21-16-25(29-6)28-17-20(28)12-15-27(28,5)24(21)13-14-26(22,23)4/h8,19-25H,7,9-17H2,1-6H3/t19-,20?,21+,22-,23+,24+,25?,26-,27-,28?/m1/s1. The molecule has 0 saturated heterocycles. The quantitative estimate of drug-likeness (QED) is 0.432. The molecule has 0 amide bonds. The Morgan fingerprint density at radius 3 is 2.55 bits per heavy atom. The van der Waals surface area contributed by atoms with Crippen LogP contribution in [0.5, 0.6) is 0 Å². The monoisotopic (exact) mass is 398 g/mol. The highest BCUT2D eigenvalue weighted by atomic mass is 16.5. The molecule has 0 bridgehead atoms. The molecule has 0 N–H and O–H groups in total. The van der Waals surface area contributed by atoms with Crippen molar-refractivity contribution in [3.8, 4) is 0 Å². The van der Waals surface area contributed by atoms with Crippen LogP contribution in [-0.4, -0.2) is 13.2 Å². The lowest BCUT2D eigenvalue weighted by atomic mass is 9.45. The Morgan fingerprint density at radius 1 is 1.07 bits per heavy atom. The van der Waals surface area contributed by atoms with Crippen molar-refractivity contribution in [3.63, 3.8) is 0 Å². The number of ether oxygens (including phenoxy) is 1. The molecule has 5 saturated carbocycles. The molecule has 5 rings (SSSR count). The molecule has 5 aliphatic carbocycles. The van der Waals surface area contributed by atoms with Crippen LogP contribution in [0.1, 0.15) is 98.8 Å². The molecule has 0 heterocycles. The van der Waals surface area contributed by atoms with E-state index >= 15 is 0 Å². The van der Waals surface area contributed by atoms with E-state index in [9.17, 15) is 0 Å². The lowest BCUT2D eigenvalue weighted by Gasteiger charge is -2.61. The Balaban J connectivity index is 1.37. The van der Waals surface area contributed by atoms with Gasteiger partial charge in [-0.2, -0.15) is 0 Å². The van der Waals surface area contributed by atoms with Crippen LogP contribution in [0.4, 0.5) is 0 Å². The van der Waals surface area contributed by atoms with Crippen molar-refractivity contribution in [3.05, 3.63) is 11.6 Å². The summed E-state index contributed by atoms with van der Waals surface area (Å²) in [7, 11) is 2.03. The number of allylic oxidation sites excluding steroid dienone is 2. The maximum Gasteiger partial charge on any atom is 0.0638 e. The van der Waals surface area contributed by atoms with E-state index in [0.29, 0.717) is 22.3 Å². The Labute approximate surface area is 180 Å². The van der Waals surface area contributed by atoms with E-state index in [1.54, 1.807) is 0 Å². The summed E-state index contributed by atoms with van der Waals surface area (Å²) in [6, 6.07) is 0. The number of fused-ring (bicyclic) bond motifs is 4. The molecule has 0 aromatic rings. The zero-order chi connectivity index (χ0) is 20.6. The number of rotatable bonds is 5. The molecule has 1 spiro atoms. The molecule has 0 aliphatic heterocycles. The number of hydrogen-bond donors (Lipinski definition) is 0. The first-order valence-electron chi connectivity index (χ1n) is 12.9. The molecule has 5 fully saturated rings. The van der Waals surface area contributed by atoms with Gasteiger partial charge in [0.05, 0.1) is 6.10 Å². The largest absolute Gasteiger partial charge is 0.381 e. The Hall–Kier alpha value is -0.300. The summed E-state index contributed by atoms with van der Waals surface area (Å²) in [5, 5.41) is 0. The maximum absolute atomic E-state index is 6.29. The normalized spacial score (nSPS) is 53.4. The van der Waals surface area contributed by atoms with Crippen LogP contribution < -0.4 is 0 Å². The van der Waals surface area contributed by atoms with E-state index in [-0.39, 0.29) is 0 Å². The van der Waals surface area contributed by atoms with E-state index in [1.165, 1.54) is 69.8 Å². The molecular formula is C28H46O. The molecule has 5 aliphatic rings. The fourth-order valence-corrected chi connectivity index (χ4v) is 10.4. The topological polar surface area (TPSA) is 9.23 Å². The van der Waals surface area contributed by atoms with Gasteiger partial charge in [0, 0.05) is 12.5 Å². The van der Waals surface area contributed by atoms with Crippen LogP contribution in [0, 0.1) is 51.8 Å². The van der Waals surface area contributed by atoms with Crippen molar-refractivity contribution < 1.29 is 4.74 Å². The van der Waals surface area contributed by atoms with Gasteiger partial charge in [-0.3, -0.25) is 0 Å². The third-order valence-electron chi connectivity index (χ3n) is 11.8. The minimum Gasteiger partial charge on any atom is -0.381 e. The van der Waals surface area contributed by atoms with Gasteiger partial charge in [-0.25, -0.2) is 0 Å². The van der Waals surface area contributed by atoms with E-state index in [1.807, 2.05) is 7.11 Å². The summed E-state index contributed by atoms with van der Waals surface area (Å²) in [5.41, 5.74) is 3.23. The van der Waals surface area contributed by atoms with Gasteiger partial charge in [-0.05, 0) is 124 Å². The van der Waals surface area contributed by atoms with Crippen LogP contribution in [0.25, 0.3) is 0 Å². The minimum atomic E-state index is 0.553. The summed E-state index contributed by atoms with van der Waals surface area (Å²) in [4.78, 5) is 0. The average molecular weight is 399 g/mol. The maximum atomic E-state index is 6.29. The zero-order valence-corrected chi connectivity index (χ0v) is 20.1. The molecular weight excluding hydrogens is 352 g/mol. The van der Waals surface area contributed by atoms with Gasteiger partial charge in [-0.1, -0.05) is 32.4 Å². The van der Waals surface area contributed by atoms with Gasteiger partial charge < -0.3 is 4.74 Å². The van der Waals surface area contributed by atoms with Crippen LogP contribution in [0.2, 0.25) is 0 Å². The van der Waals surface area contributed by atoms with E-state index < -0.39 is 0 Å². The third kappa shape index (κ3) is 2.68. The number of hydrogen-bond acceptors (Lipinski definition) is 1. The van der Waals surface area contributed by atoms with Crippen molar-refractivity contribution in [1.29, 1.82) is 0 Å². The summed E-state index contributed by atoms with van der Waals surface area (Å²) in [6.45, 7) is 12.5. The van der Waals surface area contributed by atoms with Gasteiger partial charge in [0.25, 0.3) is 0 Å². The lowest BCUT2D eigenvalue weighted by molar-refractivity contribution is -0.161. The molecule has 29 heavy (non-hydrogen) atoms. The second-order valence-corrected chi connectivity index (χ2v) is 12.8. The van der Waals surface area contributed by atoms with Gasteiger partial charge in [0.1, 0.15) is 0 Å². The Bertz CT molecular complexity index is 676. The van der Waals surface area contributed by atoms with Crippen molar-refractivity contribution in [1.82, 2.24) is 0 Å². The van der Waals surface area contributed by atoms with Crippen LogP contribution >= 0.6 is 0 Å². The molecule has 10 atom stereocenters. The summed E-state index contributed by atoms with van der Waals surface area (Å²) in [6.07, 6.45) is 17.5. The highest BCUT2D eigenvalue weighted by Gasteiger charge is 2.77. The predicted octanol–water partition coefficient (Wildman–Crippen LogP) is 7.65. The van der Waals surface area contributed by atoms with Crippen molar-refractivity contribution in [2.75, 3.05) is 7.11 Å². The fraction of sp³-hybridized carbons (Fsp3) is 0.929. The molecule has 0 aromatic carbocycles. The molecule has 1 heteroatoms. The smallest absolute Gasteiger partial charge is 0.0638 e. The first kappa shape index (κ1) is 20.6. The van der Waals surface area contributed by atoms with Crippen LogP contribution in [0.15, 0.2) is 11.6 Å². The van der Waals surface area contributed by atoms with Crippen molar-refractivity contribution >= 4 is 0 Å². The highest BCUT2D eigenvalue weighted by molar-refractivity contribution is 5.26. The van der Waals surface area contributed by atoms with E-state index in [0.717, 1.165) is 35.5 Å². The average Bonchev–Trinajstić information content (AvgIpc) is 3.18. The third-order valence-corrected chi connectivity index (χ3v) is 11.8. The van der Waals surface area contributed by atoms with E-state index in [4.69, 9.17) is 4.74 Å². The summed E-state index contributed by atoms with van der Waals surface area (Å²) >= 11 is 0. The second kappa shape index (κ2) is 6.85. The summed E-state index contributed by atoms with van der Waals surface area (Å²) in [5.74, 6) is 5.70.